The molecule has 0 saturated heterocycles. The van der Waals surface area contributed by atoms with Gasteiger partial charge in [-0.15, -0.1) is 0 Å². The highest BCUT2D eigenvalue weighted by Gasteiger charge is 2.01. The van der Waals surface area contributed by atoms with E-state index in [0.717, 1.165) is 0 Å². The van der Waals surface area contributed by atoms with Crippen LogP contribution in [0.5, 0.6) is 0 Å². The molecule has 0 atom stereocenters. The second-order valence-electron chi connectivity index (χ2n) is 3.85. The van der Waals surface area contributed by atoms with Crippen LogP contribution in [-0.4, -0.2) is 4.98 Å². The average molecular weight is 223 g/mol. The maximum atomic E-state index is 8.93. The summed E-state index contributed by atoms with van der Waals surface area (Å²) in [4.78, 5) is 4.15. The zero-order valence-corrected chi connectivity index (χ0v) is 9.64. The van der Waals surface area contributed by atoms with Gasteiger partial charge in [-0.1, -0.05) is 29.8 Å². The maximum Gasteiger partial charge on any atom is 0.144 e. The van der Waals surface area contributed by atoms with Crippen molar-refractivity contribution in [2.75, 3.05) is 5.32 Å². The minimum Gasteiger partial charge on any atom is -0.365 e. The number of nitriles is 1. The summed E-state index contributed by atoms with van der Waals surface area (Å²) in [6, 6.07) is 13.9. The number of rotatable bonds is 3. The largest absolute Gasteiger partial charge is 0.365 e. The Morgan fingerprint density at radius 2 is 2.18 bits per heavy atom. The molecule has 1 heterocycles. The van der Waals surface area contributed by atoms with Crippen LogP contribution in [0.2, 0.25) is 0 Å². The number of aromatic nitrogens is 1. The molecule has 0 aliphatic carbocycles. The Balaban J connectivity index is 2.10. The van der Waals surface area contributed by atoms with E-state index in [1.165, 1.54) is 11.1 Å². The highest BCUT2D eigenvalue weighted by molar-refractivity contribution is 5.51. The number of hydrogen-bond acceptors (Lipinski definition) is 3. The summed E-state index contributed by atoms with van der Waals surface area (Å²) in [7, 11) is 0. The third kappa shape index (κ3) is 2.82. The molecule has 0 spiro atoms. The fourth-order valence-corrected chi connectivity index (χ4v) is 1.64. The summed E-state index contributed by atoms with van der Waals surface area (Å²) in [5.74, 6) is 0.636. The van der Waals surface area contributed by atoms with Crippen LogP contribution in [0.3, 0.4) is 0 Å². The lowest BCUT2D eigenvalue weighted by atomic mass is 10.1. The van der Waals surface area contributed by atoms with Crippen molar-refractivity contribution in [3.05, 3.63) is 59.3 Å². The van der Waals surface area contributed by atoms with E-state index in [4.69, 9.17) is 5.26 Å². The summed E-state index contributed by atoms with van der Waals surface area (Å²) < 4.78 is 0. The van der Waals surface area contributed by atoms with Crippen molar-refractivity contribution in [2.45, 2.75) is 13.5 Å². The molecule has 1 aromatic heterocycles. The van der Waals surface area contributed by atoms with Crippen molar-refractivity contribution in [1.29, 1.82) is 5.26 Å². The van der Waals surface area contributed by atoms with Crippen LogP contribution in [0.1, 0.15) is 16.7 Å². The number of aryl methyl sites for hydroxylation is 1. The lowest BCUT2D eigenvalue weighted by molar-refractivity contribution is 1.10. The van der Waals surface area contributed by atoms with Gasteiger partial charge in [0.05, 0.1) is 5.56 Å². The van der Waals surface area contributed by atoms with Gasteiger partial charge >= 0.3 is 0 Å². The van der Waals surface area contributed by atoms with E-state index in [-0.39, 0.29) is 0 Å². The monoisotopic (exact) mass is 223 g/mol. The minimum absolute atomic E-state index is 0.570. The molecule has 84 valence electrons. The lowest BCUT2D eigenvalue weighted by Gasteiger charge is -2.07. The normalized spacial score (nSPS) is 9.65. The van der Waals surface area contributed by atoms with Crippen molar-refractivity contribution in [2.24, 2.45) is 0 Å². The van der Waals surface area contributed by atoms with E-state index in [0.29, 0.717) is 17.9 Å². The van der Waals surface area contributed by atoms with E-state index < -0.39 is 0 Å². The van der Waals surface area contributed by atoms with Crippen LogP contribution in [0.4, 0.5) is 5.82 Å². The number of pyridine rings is 1. The van der Waals surface area contributed by atoms with Gasteiger partial charge in [-0.25, -0.2) is 4.98 Å². The maximum absolute atomic E-state index is 8.93. The molecule has 0 saturated carbocycles. The number of hydrogen-bond donors (Lipinski definition) is 1. The van der Waals surface area contributed by atoms with Gasteiger partial charge in [0.25, 0.3) is 0 Å². The first kappa shape index (κ1) is 11.2. The summed E-state index contributed by atoms with van der Waals surface area (Å²) in [5.41, 5.74) is 2.98. The molecule has 0 aliphatic heterocycles. The van der Waals surface area contributed by atoms with Crippen molar-refractivity contribution in [3.63, 3.8) is 0 Å². The number of nitrogens with one attached hydrogen (secondary N) is 1. The van der Waals surface area contributed by atoms with Gasteiger partial charge in [-0.05, 0) is 24.6 Å². The Morgan fingerprint density at radius 3 is 2.94 bits per heavy atom. The van der Waals surface area contributed by atoms with E-state index in [1.54, 1.807) is 18.3 Å². The molecule has 2 aromatic rings. The fraction of sp³-hybridized carbons (Fsp3) is 0.143. The molecular weight excluding hydrogens is 210 g/mol. The SMILES string of the molecule is Cc1cccc(CNc2ncccc2C#N)c1. The predicted octanol–water partition coefficient (Wildman–Crippen LogP) is 2.87. The highest BCUT2D eigenvalue weighted by Crippen LogP contribution is 2.12. The molecule has 0 radical (unpaired) electrons. The molecule has 0 amide bonds. The molecule has 0 unspecified atom stereocenters. The molecule has 1 N–H and O–H groups in total. The molecule has 3 nitrogen and oxygen atoms in total. The number of anilines is 1. The minimum atomic E-state index is 0.570. The van der Waals surface area contributed by atoms with Crippen LogP contribution in [0.15, 0.2) is 42.6 Å². The second kappa shape index (κ2) is 5.13. The van der Waals surface area contributed by atoms with Crippen LogP contribution >= 0.6 is 0 Å². The van der Waals surface area contributed by atoms with Crippen LogP contribution < -0.4 is 5.32 Å². The number of nitrogens with zero attached hydrogens (tertiary/aromatic N) is 2. The van der Waals surface area contributed by atoms with Gasteiger partial charge in [0, 0.05) is 12.7 Å². The first-order chi connectivity index (χ1) is 8.29. The first-order valence-corrected chi connectivity index (χ1v) is 5.44. The van der Waals surface area contributed by atoms with Gasteiger partial charge in [0.15, 0.2) is 0 Å². The smallest absolute Gasteiger partial charge is 0.144 e. The highest BCUT2D eigenvalue weighted by atomic mass is 15.0. The molecule has 3 heteroatoms. The molecule has 0 fully saturated rings. The lowest BCUT2D eigenvalue weighted by Crippen LogP contribution is -2.03. The second-order valence-corrected chi connectivity index (χ2v) is 3.85. The molecular formula is C14H13N3. The van der Waals surface area contributed by atoms with Gasteiger partial charge < -0.3 is 5.32 Å². The Bertz CT molecular complexity index is 555. The van der Waals surface area contributed by atoms with Gasteiger partial charge in [-0.3, -0.25) is 0 Å². The van der Waals surface area contributed by atoms with Gasteiger partial charge in [0.1, 0.15) is 11.9 Å². The molecule has 2 rings (SSSR count). The van der Waals surface area contributed by atoms with Crippen molar-refractivity contribution >= 4 is 5.82 Å². The van der Waals surface area contributed by atoms with Gasteiger partial charge in [0.2, 0.25) is 0 Å². The summed E-state index contributed by atoms with van der Waals surface area (Å²) in [5, 5.41) is 12.1. The Hall–Kier alpha value is -2.34. The van der Waals surface area contributed by atoms with Crippen LogP contribution in [0.25, 0.3) is 0 Å². The number of benzene rings is 1. The summed E-state index contributed by atoms with van der Waals surface area (Å²) in [6.45, 7) is 2.73. The first-order valence-electron chi connectivity index (χ1n) is 5.44. The topological polar surface area (TPSA) is 48.7 Å². The van der Waals surface area contributed by atoms with E-state index in [1.807, 2.05) is 6.07 Å². The Labute approximate surface area is 101 Å². The van der Waals surface area contributed by atoms with Gasteiger partial charge in [-0.2, -0.15) is 5.26 Å². The summed E-state index contributed by atoms with van der Waals surface area (Å²) in [6.07, 6.45) is 1.68. The predicted molar refractivity (Wildman–Crippen MR) is 67.5 cm³/mol. The Kier molecular flexibility index (Phi) is 3.37. The zero-order chi connectivity index (χ0) is 12.1. The molecule has 17 heavy (non-hydrogen) atoms. The zero-order valence-electron chi connectivity index (χ0n) is 9.64. The van der Waals surface area contributed by atoms with Crippen molar-refractivity contribution in [1.82, 2.24) is 4.98 Å². The van der Waals surface area contributed by atoms with E-state index in [2.05, 4.69) is 41.5 Å². The van der Waals surface area contributed by atoms with E-state index >= 15 is 0 Å². The third-order valence-corrected chi connectivity index (χ3v) is 2.47. The van der Waals surface area contributed by atoms with E-state index in [9.17, 15) is 0 Å². The Morgan fingerprint density at radius 1 is 1.29 bits per heavy atom. The van der Waals surface area contributed by atoms with Crippen LogP contribution in [0, 0.1) is 18.3 Å². The fourth-order valence-electron chi connectivity index (χ4n) is 1.64. The molecule has 1 aromatic carbocycles. The standard InChI is InChI=1S/C14H13N3/c1-11-4-2-5-12(8-11)10-17-14-13(9-15)6-3-7-16-14/h2-8H,10H2,1H3,(H,16,17). The average Bonchev–Trinajstić information content (AvgIpc) is 2.37. The summed E-state index contributed by atoms with van der Waals surface area (Å²) >= 11 is 0. The third-order valence-electron chi connectivity index (χ3n) is 2.47. The quantitative estimate of drug-likeness (QED) is 0.870. The van der Waals surface area contributed by atoms with Crippen molar-refractivity contribution in [3.8, 4) is 6.07 Å². The molecule has 0 bridgehead atoms. The molecule has 0 aliphatic rings. The van der Waals surface area contributed by atoms with Crippen LogP contribution in [-0.2, 0) is 6.54 Å². The van der Waals surface area contributed by atoms with Crippen molar-refractivity contribution < 1.29 is 0 Å².